The highest BCUT2D eigenvalue weighted by Crippen LogP contribution is 2.43. The molecular formula is C27H30F3N7O3. The second-order valence-corrected chi connectivity index (χ2v) is 11.3. The third-order valence-electron chi connectivity index (χ3n) is 8.16. The summed E-state index contributed by atoms with van der Waals surface area (Å²) in [4.78, 5) is 30.4. The number of hydrogen-bond acceptors (Lipinski definition) is 7. The molecule has 13 heteroatoms. The van der Waals surface area contributed by atoms with E-state index in [0.29, 0.717) is 23.5 Å². The molecule has 0 aromatic carbocycles. The lowest BCUT2D eigenvalue weighted by Crippen LogP contribution is -2.37. The molecule has 3 atom stereocenters. The zero-order chi connectivity index (χ0) is 28.0. The van der Waals surface area contributed by atoms with Gasteiger partial charge in [0.2, 0.25) is 11.8 Å². The minimum atomic E-state index is -2.72. The number of nitrogens with zero attached hydrogens (tertiary/aromatic N) is 5. The normalized spacial score (nSPS) is 22.3. The molecule has 2 amide bonds. The summed E-state index contributed by atoms with van der Waals surface area (Å²) in [5.41, 5.74) is 2.15. The Bertz CT molecular complexity index is 1450. The van der Waals surface area contributed by atoms with E-state index in [1.807, 2.05) is 6.07 Å². The van der Waals surface area contributed by atoms with Gasteiger partial charge in [0, 0.05) is 25.7 Å². The van der Waals surface area contributed by atoms with Gasteiger partial charge in [-0.15, -0.1) is 0 Å². The summed E-state index contributed by atoms with van der Waals surface area (Å²) in [5.74, 6) is -3.61. The van der Waals surface area contributed by atoms with Crippen molar-refractivity contribution in [2.24, 2.45) is 17.8 Å². The van der Waals surface area contributed by atoms with Crippen LogP contribution in [0.2, 0.25) is 0 Å². The van der Waals surface area contributed by atoms with Gasteiger partial charge in [0.05, 0.1) is 36.0 Å². The summed E-state index contributed by atoms with van der Waals surface area (Å²) in [6.45, 7) is 1.59. The predicted molar refractivity (Wildman–Crippen MR) is 135 cm³/mol. The molecule has 0 bridgehead atoms. The van der Waals surface area contributed by atoms with E-state index in [2.05, 4.69) is 30.7 Å². The lowest BCUT2D eigenvalue weighted by Gasteiger charge is -2.33. The van der Waals surface area contributed by atoms with Gasteiger partial charge in [0.15, 0.2) is 11.3 Å². The van der Waals surface area contributed by atoms with Crippen LogP contribution in [0, 0.1) is 24.7 Å². The summed E-state index contributed by atoms with van der Waals surface area (Å²) in [7, 11) is 0. The van der Waals surface area contributed by atoms with Crippen LogP contribution < -0.4 is 10.6 Å². The Balaban J connectivity index is 1.25. The van der Waals surface area contributed by atoms with Crippen molar-refractivity contribution >= 4 is 17.5 Å². The molecule has 3 aromatic heterocycles. The van der Waals surface area contributed by atoms with Crippen LogP contribution in [-0.2, 0) is 4.79 Å². The average molecular weight is 558 g/mol. The van der Waals surface area contributed by atoms with Crippen LogP contribution in [0.25, 0.3) is 5.65 Å². The number of aryl methyl sites for hydroxylation is 1. The van der Waals surface area contributed by atoms with Crippen molar-refractivity contribution in [3.05, 3.63) is 53.0 Å². The maximum absolute atomic E-state index is 13.9. The number of rotatable bonds is 9. The van der Waals surface area contributed by atoms with Crippen molar-refractivity contribution in [3.63, 3.8) is 0 Å². The van der Waals surface area contributed by atoms with Crippen LogP contribution in [0.4, 0.5) is 13.2 Å². The van der Waals surface area contributed by atoms with Crippen molar-refractivity contribution in [2.45, 2.75) is 76.3 Å². The third kappa shape index (κ3) is 5.59. The van der Waals surface area contributed by atoms with Gasteiger partial charge in [-0.3, -0.25) is 9.59 Å². The van der Waals surface area contributed by atoms with E-state index in [-0.39, 0.29) is 73.3 Å². The Labute approximate surface area is 227 Å². The van der Waals surface area contributed by atoms with Crippen molar-refractivity contribution < 1.29 is 27.4 Å². The lowest BCUT2D eigenvalue weighted by molar-refractivity contribution is -0.122. The maximum atomic E-state index is 13.9. The fourth-order valence-corrected chi connectivity index (χ4v) is 5.68. The Morgan fingerprint density at radius 3 is 2.50 bits per heavy atom. The third-order valence-corrected chi connectivity index (χ3v) is 8.16. The molecule has 3 aliphatic carbocycles. The molecule has 10 nitrogen and oxygen atoms in total. The molecule has 2 fully saturated rings. The SMILES string of the molecule is Cc1nonc1C(=O)N[C@H](c1cn2ncc(C(NC(=O)CC3C=C(F)C3)C3CC3)cc2n1)C1CCC(F)(F)CC1. The Kier molecular flexibility index (Phi) is 6.83. The van der Waals surface area contributed by atoms with Crippen LogP contribution in [0.5, 0.6) is 0 Å². The van der Waals surface area contributed by atoms with Gasteiger partial charge >= 0.3 is 0 Å². The number of hydrogen-bond donors (Lipinski definition) is 2. The first kappa shape index (κ1) is 26.5. The molecular weight excluding hydrogens is 527 g/mol. The van der Waals surface area contributed by atoms with Gasteiger partial charge in [-0.05, 0) is 73.2 Å². The summed E-state index contributed by atoms with van der Waals surface area (Å²) < 4.78 is 47.2. The largest absolute Gasteiger partial charge is 0.349 e. The van der Waals surface area contributed by atoms with Crippen molar-refractivity contribution in [2.75, 3.05) is 0 Å². The topological polar surface area (TPSA) is 127 Å². The number of allylic oxidation sites excluding steroid dienone is 2. The van der Waals surface area contributed by atoms with Crippen LogP contribution in [0.1, 0.15) is 90.9 Å². The second-order valence-electron chi connectivity index (χ2n) is 11.3. The van der Waals surface area contributed by atoms with Crippen LogP contribution in [-0.4, -0.2) is 42.6 Å². The van der Waals surface area contributed by atoms with E-state index in [1.165, 1.54) is 6.08 Å². The second kappa shape index (κ2) is 10.3. The molecule has 2 unspecified atom stereocenters. The van der Waals surface area contributed by atoms with E-state index in [1.54, 1.807) is 23.8 Å². The molecule has 3 aromatic rings. The van der Waals surface area contributed by atoms with Crippen LogP contribution in [0.15, 0.2) is 35.0 Å². The standard InChI is InChI=1S/C27H30F3N7O3/c1-14-23(36-40-35-14)26(39)34-25(17-4-6-27(29,30)7-5-17)20-13-37-21(32-20)11-18(12-31-37)24(16-2-3-16)33-22(38)10-15-8-19(28)9-15/h8,11-13,15-17,24-25H,2-7,9-10H2,1H3,(H,33,38)(H,34,39)/t15?,24?,25-/m0/s1. The van der Waals surface area contributed by atoms with Gasteiger partial charge in [0.25, 0.3) is 5.91 Å². The molecule has 0 radical (unpaired) electrons. The first-order valence-corrected chi connectivity index (χ1v) is 13.6. The molecule has 2 saturated carbocycles. The van der Waals surface area contributed by atoms with Crippen LogP contribution in [0.3, 0.4) is 0 Å². The highest BCUT2D eigenvalue weighted by atomic mass is 19.3. The highest BCUT2D eigenvalue weighted by molar-refractivity contribution is 5.93. The maximum Gasteiger partial charge on any atom is 0.276 e. The monoisotopic (exact) mass is 557 g/mol. The van der Waals surface area contributed by atoms with Crippen LogP contribution >= 0.6 is 0 Å². The minimum Gasteiger partial charge on any atom is -0.349 e. The molecule has 6 rings (SSSR count). The van der Waals surface area contributed by atoms with Gasteiger partial charge in [-0.1, -0.05) is 5.16 Å². The van der Waals surface area contributed by atoms with Crippen molar-refractivity contribution in [3.8, 4) is 0 Å². The van der Waals surface area contributed by atoms with Gasteiger partial charge < -0.3 is 10.6 Å². The number of aromatic nitrogens is 5. The predicted octanol–water partition coefficient (Wildman–Crippen LogP) is 4.55. The van der Waals surface area contributed by atoms with E-state index >= 15 is 0 Å². The van der Waals surface area contributed by atoms with E-state index < -0.39 is 17.9 Å². The van der Waals surface area contributed by atoms with E-state index in [0.717, 1.165) is 18.4 Å². The van der Waals surface area contributed by atoms with Gasteiger partial charge in [-0.2, -0.15) is 5.10 Å². The summed E-state index contributed by atoms with van der Waals surface area (Å²) >= 11 is 0. The Morgan fingerprint density at radius 2 is 1.85 bits per heavy atom. The number of imidazole rings is 1. The first-order chi connectivity index (χ1) is 19.1. The molecule has 0 spiro atoms. The number of halogens is 3. The lowest BCUT2D eigenvalue weighted by atomic mass is 9.81. The molecule has 40 heavy (non-hydrogen) atoms. The van der Waals surface area contributed by atoms with Gasteiger partial charge in [0.1, 0.15) is 5.69 Å². The number of alkyl halides is 2. The molecule has 3 heterocycles. The zero-order valence-electron chi connectivity index (χ0n) is 21.9. The first-order valence-electron chi connectivity index (χ1n) is 13.6. The molecule has 0 aliphatic heterocycles. The summed E-state index contributed by atoms with van der Waals surface area (Å²) in [6, 6.07) is 0.958. The van der Waals surface area contributed by atoms with Gasteiger partial charge in [-0.25, -0.2) is 27.3 Å². The Morgan fingerprint density at radius 1 is 1.12 bits per heavy atom. The number of amides is 2. The Hall–Kier alpha value is -3.77. The van der Waals surface area contributed by atoms with Crippen molar-refractivity contribution in [1.82, 2.24) is 35.5 Å². The molecule has 212 valence electrons. The highest BCUT2D eigenvalue weighted by Gasteiger charge is 2.40. The van der Waals surface area contributed by atoms with E-state index in [9.17, 15) is 22.8 Å². The minimum absolute atomic E-state index is 0.0264. The van der Waals surface area contributed by atoms with E-state index in [4.69, 9.17) is 4.98 Å². The molecule has 0 saturated heterocycles. The summed E-state index contributed by atoms with van der Waals surface area (Å²) in [6.07, 6.45) is 7.25. The number of fused-ring (bicyclic) bond motifs is 1. The smallest absolute Gasteiger partial charge is 0.276 e. The molecule has 2 N–H and O–H groups in total. The fourth-order valence-electron chi connectivity index (χ4n) is 5.68. The fraction of sp³-hybridized carbons (Fsp3) is 0.556. The average Bonchev–Trinajstić information content (AvgIpc) is 3.50. The quantitative estimate of drug-likeness (QED) is 0.395. The zero-order valence-corrected chi connectivity index (χ0v) is 21.9. The number of carbonyl (C=O) groups excluding carboxylic acids is 2. The number of carbonyl (C=O) groups is 2. The van der Waals surface area contributed by atoms with Crippen molar-refractivity contribution in [1.29, 1.82) is 0 Å². The molecule has 3 aliphatic rings. The number of nitrogens with one attached hydrogen (secondary N) is 2. The summed E-state index contributed by atoms with van der Waals surface area (Å²) in [5, 5.41) is 17.8.